The van der Waals surface area contributed by atoms with Crippen LogP contribution in [0.4, 0.5) is 0 Å². The Balaban J connectivity index is 1.82. The first kappa shape index (κ1) is 19.8. The summed E-state index contributed by atoms with van der Waals surface area (Å²) in [4.78, 5) is 0. The Morgan fingerprint density at radius 2 is 1.15 bits per heavy atom. The second kappa shape index (κ2) is 9.32. The molecule has 0 amide bonds. The van der Waals surface area contributed by atoms with Crippen molar-refractivity contribution in [1.29, 1.82) is 0 Å². The van der Waals surface area contributed by atoms with Gasteiger partial charge in [-0.25, -0.2) is 0 Å². The fourth-order valence-corrected chi connectivity index (χ4v) is 6.84. The number of aryl methyl sites for hydroxylation is 2. The van der Waals surface area contributed by atoms with Crippen LogP contribution in [-0.4, -0.2) is 22.5 Å². The standard InChI is InChI=1S/C23H25O2PS/c24-22-14-8-7-13-21(22)23(25)26(27,17-15-19-9-3-1-4-10-19)18-16-20-11-5-2-6-12-20/h1-14,23-25H,15-18H2. The molecule has 0 heterocycles. The number of hydrogen-bond acceptors (Lipinski definition) is 3. The fourth-order valence-electron chi connectivity index (χ4n) is 3.24. The maximum atomic E-state index is 11.2. The van der Waals surface area contributed by atoms with Gasteiger partial charge in [0, 0.05) is 5.56 Å². The summed E-state index contributed by atoms with van der Waals surface area (Å²) in [7, 11) is 0. The van der Waals surface area contributed by atoms with Crippen molar-refractivity contribution in [1.82, 2.24) is 0 Å². The first-order chi connectivity index (χ1) is 13.1. The van der Waals surface area contributed by atoms with E-state index in [4.69, 9.17) is 11.8 Å². The van der Waals surface area contributed by atoms with Crippen molar-refractivity contribution in [2.75, 3.05) is 12.3 Å². The van der Waals surface area contributed by atoms with Crippen molar-refractivity contribution in [3.63, 3.8) is 0 Å². The van der Waals surface area contributed by atoms with E-state index >= 15 is 0 Å². The second-order valence-electron chi connectivity index (χ2n) is 6.80. The van der Waals surface area contributed by atoms with Crippen LogP contribution in [0.2, 0.25) is 0 Å². The number of rotatable bonds is 8. The first-order valence-corrected chi connectivity index (χ1v) is 12.4. The molecule has 1 unspecified atom stereocenters. The summed E-state index contributed by atoms with van der Waals surface area (Å²) in [6.45, 7) is 0. The van der Waals surface area contributed by atoms with E-state index in [1.165, 1.54) is 11.1 Å². The van der Waals surface area contributed by atoms with Gasteiger partial charge in [-0.15, -0.1) is 0 Å². The predicted octanol–water partition coefficient (Wildman–Crippen LogP) is 5.35. The Bertz CT molecular complexity index is 849. The molecule has 2 nitrogen and oxygen atoms in total. The van der Waals surface area contributed by atoms with E-state index in [0.29, 0.717) is 5.56 Å². The van der Waals surface area contributed by atoms with E-state index in [2.05, 4.69) is 24.3 Å². The molecule has 140 valence electrons. The molecular weight excluding hydrogens is 371 g/mol. The Hall–Kier alpha value is -1.93. The number of aliphatic hydroxyl groups is 1. The minimum atomic E-state index is -2.16. The molecule has 0 bridgehead atoms. The number of phenolic OH excluding ortho intramolecular Hbond substituents is 1. The van der Waals surface area contributed by atoms with Crippen molar-refractivity contribution >= 4 is 17.8 Å². The summed E-state index contributed by atoms with van der Waals surface area (Å²) in [5, 5.41) is 21.4. The van der Waals surface area contributed by atoms with Gasteiger partial charge in [-0.05, 0) is 48.4 Å². The third-order valence-electron chi connectivity index (χ3n) is 4.90. The van der Waals surface area contributed by atoms with E-state index < -0.39 is 11.9 Å². The highest BCUT2D eigenvalue weighted by Gasteiger charge is 2.29. The quantitative estimate of drug-likeness (QED) is 0.505. The van der Waals surface area contributed by atoms with Gasteiger partial charge in [-0.3, -0.25) is 0 Å². The van der Waals surface area contributed by atoms with Gasteiger partial charge in [0.05, 0.1) is 0 Å². The van der Waals surface area contributed by atoms with Crippen LogP contribution in [0.3, 0.4) is 0 Å². The van der Waals surface area contributed by atoms with Crippen LogP contribution in [0.5, 0.6) is 5.75 Å². The summed E-state index contributed by atoms with van der Waals surface area (Å²) < 4.78 is 0. The minimum absolute atomic E-state index is 0.124. The van der Waals surface area contributed by atoms with Crippen LogP contribution >= 0.6 is 6.04 Å². The largest absolute Gasteiger partial charge is 0.508 e. The third kappa shape index (κ3) is 5.29. The number of para-hydroxylation sites is 1. The Labute approximate surface area is 166 Å². The summed E-state index contributed by atoms with van der Waals surface area (Å²) in [5.41, 5.74) is 3.02. The second-order valence-corrected chi connectivity index (χ2v) is 12.3. The maximum Gasteiger partial charge on any atom is 0.121 e. The van der Waals surface area contributed by atoms with Gasteiger partial charge in [-0.1, -0.05) is 90.7 Å². The van der Waals surface area contributed by atoms with E-state index in [1.54, 1.807) is 18.2 Å². The number of aliphatic hydroxyl groups excluding tert-OH is 1. The minimum Gasteiger partial charge on any atom is -0.508 e. The first-order valence-electron chi connectivity index (χ1n) is 9.20. The van der Waals surface area contributed by atoms with Crippen LogP contribution in [-0.2, 0) is 24.6 Å². The zero-order valence-electron chi connectivity index (χ0n) is 15.2. The highest BCUT2D eigenvalue weighted by molar-refractivity contribution is 8.14. The molecule has 2 N–H and O–H groups in total. The smallest absolute Gasteiger partial charge is 0.121 e. The fraction of sp³-hybridized carbons (Fsp3) is 0.217. The molecule has 0 spiro atoms. The lowest BCUT2D eigenvalue weighted by Crippen LogP contribution is -2.10. The van der Waals surface area contributed by atoms with Crippen molar-refractivity contribution < 1.29 is 10.2 Å². The monoisotopic (exact) mass is 396 g/mol. The van der Waals surface area contributed by atoms with Crippen LogP contribution in [0, 0.1) is 0 Å². The number of hydrogen-bond donors (Lipinski definition) is 2. The lowest BCUT2D eigenvalue weighted by molar-refractivity contribution is 0.257. The molecule has 0 fully saturated rings. The highest BCUT2D eigenvalue weighted by atomic mass is 32.4. The molecule has 0 aliphatic carbocycles. The summed E-state index contributed by atoms with van der Waals surface area (Å²) in [6, 6.07) is 25.4. The highest BCUT2D eigenvalue weighted by Crippen LogP contribution is 2.59. The van der Waals surface area contributed by atoms with E-state index in [1.807, 2.05) is 42.5 Å². The van der Waals surface area contributed by atoms with Crippen molar-refractivity contribution in [3.05, 3.63) is 102 Å². The average Bonchev–Trinajstić information content (AvgIpc) is 2.72. The lowest BCUT2D eigenvalue weighted by Gasteiger charge is -2.29. The molecule has 3 rings (SSSR count). The van der Waals surface area contributed by atoms with Crippen molar-refractivity contribution in [2.45, 2.75) is 18.7 Å². The Morgan fingerprint density at radius 3 is 1.63 bits per heavy atom. The zero-order chi connectivity index (χ0) is 19.1. The van der Waals surface area contributed by atoms with Crippen LogP contribution in [0.1, 0.15) is 22.5 Å². The molecule has 3 aromatic rings. The summed E-state index contributed by atoms with van der Waals surface area (Å²) >= 11 is 6.11. The van der Waals surface area contributed by atoms with Gasteiger partial charge in [0.1, 0.15) is 11.6 Å². The topological polar surface area (TPSA) is 40.5 Å². The van der Waals surface area contributed by atoms with Crippen LogP contribution in [0.15, 0.2) is 84.9 Å². The molecule has 0 aliphatic heterocycles. The van der Waals surface area contributed by atoms with Crippen molar-refractivity contribution in [3.8, 4) is 5.75 Å². The number of aromatic hydroxyl groups is 1. The normalized spacial score (nSPS) is 12.6. The molecule has 3 aromatic carbocycles. The van der Waals surface area contributed by atoms with Gasteiger partial charge >= 0.3 is 0 Å². The Morgan fingerprint density at radius 1 is 0.704 bits per heavy atom. The molecule has 0 aromatic heterocycles. The van der Waals surface area contributed by atoms with Gasteiger partial charge in [0.15, 0.2) is 0 Å². The SMILES string of the molecule is Oc1ccccc1C(O)P(=S)(CCc1ccccc1)CCc1ccccc1. The molecule has 0 aliphatic rings. The molecule has 4 heteroatoms. The van der Waals surface area contributed by atoms with E-state index in [-0.39, 0.29) is 5.75 Å². The molecule has 27 heavy (non-hydrogen) atoms. The van der Waals surface area contributed by atoms with E-state index in [9.17, 15) is 10.2 Å². The third-order valence-corrected chi connectivity index (χ3v) is 9.73. The van der Waals surface area contributed by atoms with E-state index in [0.717, 1.165) is 25.2 Å². The molecular formula is C23H25O2PS. The lowest BCUT2D eigenvalue weighted by atomic mass is 10.2. The average molecular weight is 396 g/mol. The number of benzene rings is 3. The molecule has 0 saturated heterocycles. The predicted molar refractivity (Wildman–Crippen MR) is 117 cm³/mol. The molecule has 0 radical (unpaired) electrons. The van der Waals surface area contributed by atoms with Crippen molar-refractivity contribution in [2.24, 2.45) is 0 Å². The molecule has 0 saturated carbocycles. The van der Waals surface area contributed by atoms with Crippen LogP contribution in [0.25, 0.3) is 0 Å². The van der Waals surface area contributed by atoms with Gasteiger partial charge < -0.3 is 10.2 Å². The summed E-state index contributed by atoms with van der Waals surface area (Å²) in [6.07, 6.45) is 3.23. The van der Waals surface area contributed by atoms with Gasteiger partial charge in [0.25, 0.3) is 0 Å². The van der Waals surface area contributed by atoms with Gasteiger partial charge in [-0.2, -0.15) is 0 Å². The van der Waals surface area contributed by atoms with Gasteiger partial charge in [0.2, 0.25) is 0 Å². The maximum absolute atomic E-state index is 11.2. The van der Waals surface area contributed by atoms with Crippen LogP contribution < -0.4 is 0 Å². The number of phenols is 1. The molecule has 1 atom stereocenters. The summed E-state index contributed by atoms with van der Waals surface area (Å²) in [5.74, 6) is -0.667. The Kier molecular flexibility index (Phi) is 6.84. The zero-order valence-corrected chi connectivity index (χ0v) is 16.9.